The minimum atomic E-state index is -1.28. The number of ether oxygens (including phenoxy) is 1. The highest BCUT2D eigenvalue weighted by molar-refractivity contribution is 5.85. The number of fused-ring (bicyclic) bond motifs is 1. The van der Waals surface area contributed by atoms with E-state index in [1.165, 1.54) is 13.3 Å². The van der Waals surface area contributed by atoms with Gasteiger partial charge in [0.15, 0.2) is 11.6 Å². The van der Waals surface area contributed by atoms with Crippen LogP contribution in [0.25, 0.3) is 10.9 Å². The van der Waals surface area contributed by atoms with E-state index in [9.17, 15) is 32.6 Å². The molecule has 0 spiro atoms. The standard InChI is InChI=1S/C28H31F4N3O4/c1-39-19-2-3-22-20(14-19)25(17(15-29)16-34-22)24(36)4-5-28(27(37)38)6-9-35(10-7-28)11-8-33-23-13-18(30)12-21(31)26(23)32/h2-3,12-14,16,24,33,36H,4-11,15H2,1H3,(H,37,38)/t24-/m0/s1. The van der Waals surface area contributed by atoms with Crippen LogP contribution in [-0.4, -0.2) is 59.4 Å². The van der Waals surface area contributed by atoms with Crippen molar-refractivity contribution >= 4 is 22.6 Å². The highest BCUT2D eigenvalue weighted by atomic mass is 19.2. The third kappa shape index (κ3) is 6.25. The summed E-state index contributed by atoms with van der Waals surface area (Å²) in [6.07, 6.45) is 1.22. The third-order valence-corrected chi connectivity index (χ3v) is 7.58. The molecular formula is C28H31F4N3O4. The number of anilines is 1. The molecule has 1 saturated heterocycles. The molecule has 210 valence electrons. The van der Waals surface area contributed by atoms with Crippen molar-refractivity contribution in [1.29, 1.82) is 0 Å². The molecule has 4 rings (SSSR count). The van der Waals surface area contributed by atoms with Crippen molar-refractivity contribution in [2.24, 2.45) is 5.41 Å². The zero-order valence-corrected chi connectivity index (χ0v) is 21.5. The van der Waals surface area contributed by atoms with E-state index >= 15 is 0 Å². The molecule has 0 bridgehead atoms. The molecule has 0 aliphatic carbocycles. The van der Waals surface area contributed by atoms with Crippen LogP contribution >= 0.6 is 0 Å². The smallest absolute Gasteiger partial charge is 0.309 e. The maximum absolute atomic E-state index is 13.8. The minimum absolute atomic E-state index is 0.113. The van der Waals surface area contributed by atoms with Gasteiger partial charge in [-0.3, -0.25) is 9.78 Å². The van der Waals surface area contributed by atoms with Crippen LogP contribution in [-0.2, 0) is 11.5 Å². The molecule has 2 heterocycles. The Morgan fingerprint density at radius 1 is 1.21 bits per heavy atom. The van der Waals surface area contributed by atoms with Crippen LogP contribution in [0, 0.1) is 22.9 Å². The van der Waals surface area contributed by atoms with Crippen molar-refractivity contribution < 1.29 is 37.3 Å². The molecule has 1 atom stereocenters. The van der Waals surface area contributed by atoms with Crippen molar-refractivity contribution in [3.8, 4) is 5.75 Å². The Kier molecular flexibility index (Phi) is 8.91. The monoisotopic (exact) mass is 549 g/mol. The number of nitrogens with one attached hydrogen (secondary N) is 1. The lowest BCUT2D eigenvalue weighted by Crippen LogP contribution is -2.45. The maximum Gasteiger partial charge on any atom is 0.309 e. The summed E-state index contributed by atoms with van der Waals surface area (Å²) in [5, 5.41) is 24.5. The van der Waals surface area contributed by atoms with Gasteiger partial charge in [0, 0.05) is 42.4 Å². The molecule has 39 heavy (non-hydrogen) atoms. The molecule has 0 radical (unpaired) electrons. The van der Waals surface area contributed by atoms with Gasteiger partial charge in [0.25, 0.3) is 0 Å². The highest BCUT2D eigenvalue weighted by Gasteiger charge is 2.41. The Morgan fingerprint density at radius 3 is 2.62 bits per heavy atom. The average molecular weight is 550 g/mol. The average Bonchev–Trinajstić information content (AvgIpc) is 2.93. The molecule has 0 saturated carbocycles. The topological polar surface area (TPSA) is 94.9 Å². The van der Waals surface area contributed by atoms with Gasteiger partial charge in [-0.05, 0) is 62.5 Å². The number of benzene rings is 2. The number of carboxylic acid groups (broad SMARTS) is 1. The summed E-state index contributed by atoms with van der Waals surface area (Å²) in [5.41, 5.74) is -0.153. The second-order valence-electron chi connectivity index (χ2n) is 9.87. The molecule has 1 aliphatic heterocycles. The number of alkyl halides is 1. The second-order valence-corrected chi connectivity index (χ2v) is 9.87. The van der Waals surface area contributed by atoms with Gasteiger partial charge < -0.3 is 25.2 Å². The Labute approximate surface area is 223 Å². The number of halogens is 4. The van der Waals surface area contributed by atoms with Crippen molar-refractivity contribution in [2.75, 3.05) is 38.6 Å². The lowest BCUT2D eigenvalue weighted by molar-refractivity contribution is -0.153. The van der Waals surface area contributed by atoms with E-state index in [4.69, 9.17) is 4.74 Å². The van der Waals surface area contributed by atoms with Gasteiger partial charge in [-0.25, -0.2) is 17.6 Å². The van der Waals surface area contributed by atoms with Crippen molar-refractivity contribution in [2.45, 2.75) is 38.5 Å². The van der Waals surface area contributed by atoms with E-state index in [1.54, 1.807) is 18.2 Å². The van der Waals surface area contributed by atoms with Crippen LogP contribution in [0.15, 0.2) is 36.5 Å². The van der Waals surface area contributed by atoms with E-state index in [1.807, 2.05) is 4.90 Å². The van der Waals surface area contributed by atoms with Gasteiger partial charge in [-0.15, -0.1) is 0 Å². The molecule has 3 N–H and O–H groups in total. The van der Waals surface area contributed by atoms with Crippen LogP contribution in [0.5, 0.6) is 5.75 Å². The number of methoxy groups -OCH3 is 1. The number of aliphatic hydroxyl groups is 1. The number of aliphatic carboxylic acids is 1. The number of nitrogens with zero attached hydrogens (tertiary/aromatic N) is 2. The number of piperidine rings is 1. The van der Waals surface area contributed by atoms with Gasteiger partial charge in [0.1, 0.15) is 18.2 Å². The van der Waals surface area contributed by atoms with Crippen LogP contribution in [0.2, 0.25) is 0 Å². The molecule has 1 aliphatic rings. The van der Waals surface area contributed by atoms with E-state index in [0.29, 0.717) is 60.8 Å². The molecule has 1 fully saturated rings. The van der Waals surface area contributed by atoms with Crippen LogP contribution < -0.4 is 10.1 Å². The Bertz CT molecular complexity index is 1330. The van der Waals surface area contributed by atoms with Crippen molar-refractivity contribution in [3.05, 3.63) is 65.1 Å². The lowest BCUT2D eigenvalue weighted by atomic mass is 9.74. The molecule has 3 aromatic rings. The van der Waals surface area contributed by atoms with E-state index in [-0.39, 0.29) is 30.6 Å². The summed E-state index contributed by atoms with van der Waals surface area (Å²) < 4.78 is 59.7. The molecule has 0 unspecified atom stereocenters. The lowest BCUT2D eigenvalue weighted by Gasteiger charge is -2.39. The first-order valence-electron chi connectivity index (χ1n) is 12.7. The fourth-order valence-corrected chi connectivity index (χ4v) is 5.23. The quantitative estimate of drug-likeness (QED) is 0.223. The van der Waals surface area contributed by atoms with Gasteiger partial charge in [0.05, 0.1) is 29.8 Å². The second kappa shape index (κ2) is 12.2. The van der Waals surface area contributed by atoms with E-state index < -0.39 is 41.6 Å². The van der Waals surface area contributed by atoms with Gasteiger partial charge in [-0.2, -0.15) is 0 Å². The number of carbonyl (C=O) groups is 1. The first kappa shape index (κ1) is 28.6. The van der Waals surface area contributed by atoms with Crippen molar-refractivity contribution in [3.63, 3.8) is 0 Å². The summed E-state index contributed by atoms with van der Waals surface area (Å²) in [4.78, 5) is 18.6. The number of aromatic nitrogens is 1. The molecular weight excluding hydrogens is 518 g/mol. The van der Waals surface area contributed by atoms with Crippen LogP contribution in [0.1, 0.15) is 42.9 Å². The molecule has 7 nitrogen and oxygen atoms in total. The Balaban J connectivity index is 1.39. The van der Waals surface area contributed by atoms with Crippen LogP contribution in [0.3, 0.4) is 0 Å². The summed E-state index contributed by atoms with van der Waals surface area (Å²) in [5.74, 6) is -3.75. The normalized spacial score (nSPS) is 16.3. The van der Waals surface area contributed by atoms with Gasteiger partial charge in [-0.1, -0.05) is 0 Å². The summed E-state index contributed by atoms with van der Waals surface area (Å²) >= 11 is 0. The fourth-order valence-electron chi connectivity index (χ4n) is 5.23. The molecule has 11 heteroatoms. The van der Waals surface area contributed by atoms with E-state index in [2.05, 4.69) is 10.3 Å². The number of aliphatic hydroxyl groups excluding tert-OH is 1. The summed E-state index contributed by atoms with van der Waals surface area (Å²) in [6.45, 7) is 0.680. The number of hydrogen-bond donors (Lipinski definition) is 3. The predicted octanol–water partition coefficient (Wildman–Crippen LogP) is 5.22. The van der Waals surface area contributed by atoms with E-state index in [0.717, 1.165) is 6.07 Å². The number of likely N-dealkylation sites (tertiary alicyclic amines) is 1. The number of carboxylic acids is 1. The largest absolute Gasteiger partial charge is 0.497 e. The summed E-state index contributed by atoms with van der Waals surface area (Å²) in [6, 6.07) is 6.47. The van der Waals surface area contributed by atoms with Gasteiger partial charge >= 0.3 is 5.97 Å². The SMILES string of the molecule is COc1ccc2ncc(CF)c([C@@H](O)CCC3(C(=O)O)CCN(CCNc4cc(F)cc(F)c4F)CC3)c2c1. The molecule has 1 aromatic heterocycles. The minimum Gasteiger partial charge on any atom is -0.497 e. The first-order chi connectivity index (χ1) is 18.7. The zero-order chi connectivity index (χ0) is 28.2. The Morgan fingerprint density at radius 2 is 1.95 bits per heavy atom. The zero-order valence-electron chi connectivity index (χ0n) is 21.5. The number of rotatable bonds is 11. The first-order valence-corrected chi connectivity index (χ1v) is 12.7. The van der Waals surface area contributed by atoms with Crippen molar-refractivity contribution in [1.82, 2.24) is 9.88 Å². The summed E-state index contributed by atoms with van der Waals surface area (Å²) in [7, 11) is 1.50. The number of hydrogen-bond acceptors (Lipinski definition) is 6. The van der Waals surface area contributed by atoms with Gasteiger partial charge in [0.2, 0.25) is 0 Å². The molecule has 2 aromatic carbocycles. The predicted molar refractivity (Wildman–Crippen MR) is 138 cm³/mol. The van der Waals surface area contributed by atoms with Crippen LogP contribution in [0.4, 0.5) is 23.2 Å². The molecule has 0 amide bonds. The fraction of sp³-hybridized carbons (Fsp3) is 0.429. The third-order valence-electron chi connectivity index (χ3n) is 7.58. The number of pyridine rings is 1. The maximum atomic E-state index is 13.8. The highest BCUT2D eigenvalue weighted by Crippen LogP contribution is 2.40. The Hall–Kier alpha value is -3.44.